The first-order chi connectivity index (χ1) is 39.7. The van der Waals surface area contributed by atoms with Crippen LogP contribution in [-0.4, -0.2) is 96.7 Å². The summed E-state index contributed by atoms with van der Waals surface area (Å²) in [6.45, 7) is 4.84. The lowest BCUT2D eigenvalue weighted by Gasteiger charge is -2.21. The van der Waals surface area contributed by atoms with E-state index in [0.29, 0.717) is 25.7 Å². The molecule has 0 aliphatic heterocycles. The minimum atomic E-state index is -4.94. The van der Waals surface area contributed by atoms with Crippen molar-refractivity contribution in [2.24, 2.45) is 0 Å². The smallest absolute Gasteiger partial charge is 0.462 e. The Labute approximate surface area is 498 Å². The Morgan fingerprint density at radius 3 is 0.720 bits per heavy atom. The molecule has 0 aromatic heterocycles. The summed E-state index contributed by atoms with van der Waals surface area (Å²) in [5.74, 6) is -2.14. The Hall–Kier alpha value is -1.94. The van der Waals surface area contributed by atoms with Crippen molar-refractivity contribution in [1.82, 2.24) is 0 Å². The maximum atomic E-state index is 13.0. The van der Waals surface area contributed by atoms with E-state index in [0.717, 1.165) is 103 Å². The minimum absolute atomic E-state index is 0.106. The van der Waals surface area contributed by atoms with Crippen molar-refractivity contribution in [3.63, 3.8) is 0 Å². The van der Waals surface area contributed by atoms with Gasteiger partial charge in [0.25, 0.3) is 0 Å². The van der Waals surface area contributed by atoms with Gasteiger partial charge in [-0.15, -0.1) is 0 Å². The van der Waals surface area contributed by atoms with Gasteiger partial charge >= 0.3 is 39.5 Å². The van der Waals surface area contributed by atoms with Gasteiger partial charge in [0.05, 0.1) is 26.4 Å². The molecule has 19 heteroatoms. The number of unbranched alkanes of at least 4 members (excludes halogenated alkanes) is 38. The third kappa shape index (κ3) is 57.2. The summed E-state index contributed by atoms with van der Waals surface area (Å²) >= 11 is 0. The van der Waals surface area contributed by atoms with E-state index in [1.165, 1.54) is 141 Å². The van der Waals surface area contributed by atoms with Crippen LogP contribution in [0.3, 0.4) is 0 Å². The van der Waals surface area contributed by atoms with E-state index in [-0.39, 0.29) is 25.7 Å². The molecule has 0 saturated carbocycles. The molecule has 17 nitrogen and oxygen atoms in total. The van der Waals surface area contributed by atoms with Gasteiger partial charge in [-0.3, -0.25) is 37.3 Å². The summed E-state index contributed by atoms with van der Waals surface area (Å²) in [7, 11) is -9.88. The van der Waals surface area contributed by atoms with Crippen molar-refractivity contribution in [2.75, 3.05) is 39.6 Å². The van der Waals surface area contributed by atoms with Gasteiger partial charge in [-0.25, -0.2) is 9.13 Å². The van der Waals surface area contributed by atoms with Crippen molar-refractivity contribution in [2.45, 2.75) is 341 Å². The summed E-state index contributed by atoms with van der Waals surface area (Å²) in [6, 6.07) is 0. The number of carbonyl (C=O) groups excluding carboxylic acids is 4. The number of aliphatic hydroxyl groups excluding tert-OH is 1. The normalized spacial score (nSPS) is 14.2. The molecule has 5 atom stereocenters. The number of carbonyl (C=O) groups is 4. The maximum Gasteiger partial charge on any atom is 0.472 e. The topological polar surface area (TPSA) is 237 Å². The average Bonchev–Trinajstić information content (AvgIpc) is 3.45. The van der Waals surface area contributed by atoms with Crippen LogP contribution in [-0.2, 0) is 65.4 Å². The number of ether oxygens (including phenoxy) is 4. The van der Waals surface area contributed by atoms with E-state index in [4.69, 9.17) is 37.0 Å². The van der Waals surface area contributed by atoms with Crippen LogP contribution in [0.1, 0.15) is 323 Å². The fourth-order valence-electron chi connectivity index (χ4n) is 9.46. The highest BCUT2D eigenvalue weighted by atomic mass is 31.2. The molecule has 2 unspecified atom stereocenters. The van der Waals surface area contributed by atoms with Crippen LogP contribution in [0.2, 0.25) is 0 Å². The Morgan fingerprint density at radius 1 is 0.293 bits per heavy atom. The van der Waals surface area contributed by atoms with Gasteiger partial charge in [0.2, 0.25) is 0 Å². The molecule has 486 valence electrons. The van der Waals surface area contributed by atoms with E-state index >= 15 is 0 Å². The van der Waals surface area contributed by atoms with Crippen LogP contribution in [0.5, 0.6) is 0 Å². The molecule has 0 fully saturated rings. The summed E-state index contributed by atoms with van der Waals surface area (Å²) in [4.78, 5) is 72.0. The molecule has 0 aliphatic carbocycles. The first-order valence-corrected chi connectivity index (χ1v) is 36.3. The Kier molecular flexibility index (Phi) is 56.7. The summed E-state index contributed by atoms with van der Waals surface area (Å²) in [5, 5.41) is 10.5. The van der Waals surface area contributed by atoms with Gasteiger partial charge in [0, 0.05) is 25.7 Å². The van der Waals surface area contributed by atoms with Crippen molar-refractivity contribution >= 4 is 39.5 Å². The number of esters is 4. The second-order valence-corrected chi connectivity index (χ2v) is 25.7. The van der Waals surface area contributed by atoms with E-state index in [1.807, 2.05) is 0 Å². The zero-order chi connectivity index (χ0) is 60.5. The van der Waals surface area contributed by atoms with Gasteiger partial charge in [0.1, 0.15) is 19.3 Å². The van der Waals surface area contributed by atoms with Crippen molar-refractivity contribution in [3.8, 4) is 0 Å². The second-order valence-electron chi connectivity index (χ2n) is 22.8. The van der Waals surface area contributed by atoms with Crippen molar-refractivity contribution < 1.29 is 80.2 Å². The van der Waals surface area contributed by atoms with Crippen LogP contribution >= 0.6 is 15.6 Å². The standard InChI is InChI=1S/C63H122O17P2/c1-5-9-13-17-21-24-26-28-30-33-36-40-44-48-61(66)74-54-59(80-63(68)50-46-42-38-34-31-29-27-25-22-18-14-10-6-2)56-78-82(71,72)76-52-57(64)51-75-81(69,70)77-55-58(53-73-60(65)47-43-39-35-20-16-12-8-4)79-62(67)49-45-41-37-32-23-19-15-11-7-3/h57-59,64H,5-56H2,1-4H3,(H,69,70)(H,71,72)/t57-,58+,59+/m0/s1. The lowest BCUT2D eigenvalue weighted by Crippen LogP contribution is -2.30. The van der Waals surface area contributed by atoms with E-state index < -0.39 is 97.5 Å². The highest BCUT2D eigenvalue weighted by Gasteiger charge is 2.30. The molecule has 0 rings (SSSR count). The van der Waals surface area contributed by atoms with Gasteiger partial charge in [-0.1, -0.05) is 272 Å². The molecule has 0 aliphatic rings. The predicted octanol–water partition coefficient (Wildman–Crippen LogP) is 17.5. The zero-order valence-corrected chi connectivity index (χ0v) is 54.2. The first-order valence-electron chi connectivity index (χ1n) is 33.3. The minimum Gasteiger partial charge on any atom is -0.462 e. The van der Waals surface area contributed by atoms with Crippen LogP contribution in [0.25, 0.3) is 0 Å². The molecule has 0 aromatic carbocycles. The maximum absolute atomic E-state index is 13.0. The fraction of sp³-hybridized carbons (Fsp3) is 0.937. The molecule has 82 heavy (non-hydrogen) atoms. The number of rotatable bonds is 64. The molecule has 0 amide bonds. The highest BCUT2D eigenvalue weighted by Crippen LogP contribution is 2.45. The molecule has 0 saturated heterocycles. The molecule has 0 heterocycles. The SMILES string of the molecule is CCCCCCCCCCCCCCCC(=O)OC[C@H](COP(=O)(O)OC[C@@H](O)COP(=O)(O)OC[C@@H](COC(=O)CCCCCCCCC)OC(=O)CCCCCCCCCCC)OC(=O)CCCCCCCCCCCCCCC. The average molecular weight is 1210 g/mol. The fourth-order valence-corrected chi connectivity index (χ4v) is 11.0. The monoisotopic (exact) mass is 1210 g/mol. The van der Waals surface area contributed by atoms with Crippen molar-refractivity contribution in [3.05, 3.63) is 0 Å². The Morgan fingerprint density at radius 2 is 0.488 bits per heavy atom. The zero-order valence-electron chi connectivity index (χ0n) is 52.5. The number of hydrogen-bond acceptors (Lipinski definition) is 15. The van der Waals surface area contributed by atoms with Gasteiger partial charge < -0.3 is 33.8 Å². The molecule has 0 bridgehead atoms. The van der Waals surface area contributed by atoms with Gasteiger partial charge in [-0.05, 0) is 25.7 Å². The molecular formula is C63H122O17P2. The molecule has 0 spiro atoms. The van der Waals surface area contributed by atoms with Gasteiger partial charge in [0.15, 0.2) is 12.2 Å². The summed E-state index contributed by atoms with van der Waals surface area (Å²) in [5.41, 5.74) is 0. The van der Waals surface area contributed by atoms with Crippen LogP contribution in [0.15, 0.2) is 0 Å². The first kappa shape index (κ1) is 80.1. The number of phosphoric acid groups is 2. The molecule has 0 aromatic rings. The molecule has 3 N–H and O–H groups in total. The van der Waals surface area contributed by atoms with E-state index in [9.17, 15) is 43.2 Å². The molecular weight excluding hydrogens is 1090 g/mol. The highest BCUT2D eigenvalue weighted by molar-refractivity contribution is 7.47. The lowest BCUT2D eigenvalue weighted by molar-refractivity contribution is -0.161. The van der Waals surface area contributed by atoms with E-state index in [2.05, 4.69) is 27.7 Å². The number of aliphatic hydroxyl groups is 1. The third-order valence-corrected chi connectivity index (χ3v) is 16.5. The van der Waals surface area contributed by atoms with Crippen molar-refractivity contribution in [1.29, 1.82) is 0 Å². The summed E-state index contributed by atoms with van der Waals surface area (Å²) < 4.78 is 67.8. The van der Waals surface area contributed by atoms with E-state index in [1.54, 1.807) is 0 Å². The van der Waals surface area contributed by atoms with Crippen LogP contribution in [0, 0.1) is 0 Å². The predicted molar refractivity (Wildman–Crippen MR) is 326 cm³/mol. The molecule has 0 radical (unpaired) electrons. The third-order valence-electron chi connectivity index (χ3n) is 14.6. The Bertz CT molecular complexity index is 1590. The quantitative estimate of drug-likeness (QED) is 0.0222. The summed E-state index contributed by atoms with van der Waals surface area (Å²) in [6.07, 6.45) is 43.1. The number of phosphoric ester groups is 2. The number of hydrogen-bond donors (Lipinski definition) is 3. The second kappa shape index (κ2) is 58.1. The van der Waals surface area contributed by atoms with Crippen LogP contribution < -0.4 is 0 Å². The van der Waals surface area contributed by atoms with Gasteiger partial charge in [-0.2, -0.15) is 0 Å². The Balaban J connectivity index is 5.20. The lowest BCUT2D eigenvalue weighted by atomic mass is 10.0. The largest absolute Gasteiger partial charge is 0.472 e. The van der Waals surface area contributed by atoms with Crippen LogP contribution in [0.4, 0.5) is 0 Å².